The van der Waals surface area contributed by atoms with E-state index in [1.54, 1.807) is 0 Å². The molecule has 76 valence electrons. The highest BCUT2D eigenvalue weighted by Gasteiger charge is 2.38. The number of carbonyl (C=O) groups is 1. The molecule has 0 saturated carbocycles. The maximum Gasteiger partial charge on any atom is 0.227 e. The Morgan fingerprint density at radius 1 is 1.46 bits per heavy atom. The van der Waals surface area contributed by atoms with Crippen LogP contribution < -0.4 is 0 Å². The Bertz CT molecular complexity index is 185. The second-order valence-electron chi connectivity index (χ2n) is 4.11. The van der Waals surface area contributed by atoms with Crippen molar-refractivity contribution in [2.75, 3.05) is 20.1 Å². The molecule has 1 rings (SSSR count). The average molecular weight is 204 g/mol. The lowest BCUT2D eigenvalue weighted by molar-refractivity contribution is -0.123. The largest absolute Gasteiger partial charge is 0.306 e. The van der Waals surface area contributed by atoms with E-state index in [1.165, 1.54) is 0 Å². The van der Waals surface area contributed by atoms with Crippen LogP contribution in [0.4, 0.5) is 0 Å². The van der Waals surface area contributed by atoms with Crippen LogP contribution in [0.3, 0.4) is 0 Å². The highest BCUT2D eigenvalue weighted by atomic mass is 35.5. The molecule has 3 heteroatoms. The smallest absolute Gasteiger partial charge is 0.227 e. The van der Waals surface area contributed by atoms with Gasteiger partial charge < -0.3 is 4.90 Å². The minimum absolute atomic E-state index is 0.123. The molecule has 0 aromatic carbocycles. The van der Waals surface area contributed by atoms with Gasteiger partial charge in [-0.1, -0.05) is 13.3 Å². The molecule has 0 atom stereocenters. The van der Waals surface area contributed by atoms with E-state index in [1.807, 2.05) is 0 Å². The molecule has 0 N–H and O–H groups in total. The summed E-state index contributed by atoms with van der Waals surface area (Å²) in [6, 6.07) is 0. The van der Waals surface area contributed by atoms with Crippen molar-refractivity contribution in [3.05, 3.63) is 0 Å². The Morgan fingerprint density at radius 2 is 2.00 bits per heavy atom. The van der Waals surface area contributed by atoms with Gasteiger partial charge in [0.25, 0.3) is 0 Å². The molecule has 0 aromatic rings. The number of carbonyl (C=O) groups excluding carboxylic acids is 1. The van der Waals surface area contributed by atoms with Gasteiger partial charge in [-0.3, -0.25) is 4.79 Å². The van der Waals surface area contributed by atoms with Crippen molar-refractivity contribution in [1.82, 2.24) is 4.90 Å². The monoisotopic (exact) mass is 203 g/mol. The van der Waals surface area contributed by atoms with Crippen LogP contribution >= 0.6 is 11.6 Å². The van der Waals surface area contributed by atoms with Gasteiger partial charge in [0.1, 0.15) is 0 Å². The zero-order valence-corrected chi connectivity index (χ0v) is 9.23. The van der Waals surface area contributed by atoms with Crippen molar-refractivity contribution in [3.8, 4) is 0 Å². The number of rotatable bonds is 3. The predicted molar refractivity (Wildman–Crippen MR) is 54.9 cm³/mol. The first-order chi connectivity index (χ1) is 6.10. The van der Waals surface area contributed by atoms with E-state index in [-0.39, 0.29) is 10.7 Å². The summed E-state index contributed by atoms with van der Waals surface area (Å²) in [6.07, 6.45) is 3.85. The molecule has 1 saturated heterocycles. The number of piperidine rings is 1. The topological polar surface area (TPSA) is 20.3 Å². The van der Waals surface area contributed by atoms with Crippen molar-refractivity contribution < 1.29 is 4.79 Å². The molecule has 0 radical (unpaired) electrons. The molecule has 0 unspecified atom stereocenters. The predicted octanol–water partition coefficient (Wildman–Crippen LogP) is 2.26. The molecular formula is C10H18ClNO. The first kappa shape index (κ1) is 11.0. The zero-order chi connectivity index (χ0) is 9.90. The van der Waals surface area contributed by atoms with Crippen LogP contribution in [0, 0.1) is 5.41 Å². The summed E-state index contributed by atoms with van der Waals surface area (Å²) in [6.45, 7) is 4.11. The quantitative estimate of drug-likeness (QED) is 0.656. The Kier molecular flexibility index (Phi) is 3.74. The number of nitrogens with zero attached hydrogens (tertiary/aromatic N) is 1. The van der Waals surface area contributed by atoms with Gasteiger partial charge in [-0.15, -0.1) is 0 Å². The van der Waals surface area contributed by atoms with Gasteiger partial charge in [-0.25, -0.2) is 0 Å². The molecule has 1 aliphatic heterocycles. The molecule has 1 aliphatic rings. The molecule has 0 amide bonds. The third-order valence-corrected chi connectivity index (χ3v) is 3.49. The maximum atomic E-state index is 11.4. The Morgan fingerprint density at radius 3 is 2.38 bits per heavy atom. The summed E-state index contributed by atoms with van der Waals surface area (Å²) in [7, 11) is 2.09. The minimum atomic E-state index is -0.206. The lowest BCUT2D eigenvalue weighted by atomic mass is 9.76. The van der Waals surface area contributed by atoms with Gasteiger partial charge >= 0.3 is 0 Å². The van der Waals surface area contributed by atoms with Gasteiger partial charge in [-0.05, 0) is 51.0 Å². The number of hydrogen-bond acceptors (Lipinski definition) is 2. The van der Waals surface area contributed by atoms with Gasteiger partial charge in [-0.2, -0.15) is 0 Å². The average Bonchev–Trinajstić information content (AvgIpc) is 2.09. The van der Waals surface area contributed by atoms with Crippen molar-refractivity contribution in [2.45, 2.75) is 32.6 Å². The minimum Gasteiger partial charge on any atom is -0.306 e. The molecule has 0 spiro atoms. The number of hydrogen-bond donors (Lipinski definition) is 0. The van der Waals surface area contributed by atoms with E-state index in [0.717, 1.165) is 38.8 Å². The fourth-order valence-electron chi connectivity index (χ4n) is 2.07. The summed E-state index contributed by atoms with van der Waals surface area (Å²) in [5, 5.41) is -0.123. The van der Waals surface area contributed by atoms with E-state index in [2.05, 4.69) is 18.9 Å². The van der Waals surface area contributed by atoms with Crippen LogP contribution in [0.25, 0.3) is 0 Å². The second-order valence-corrected chi connectivity index (χ2v) is 4.45. The first-order valence-electron chi connectivity index (χ1n) is 4.99. The van der Waals surface area contributed by atoms with E-state index in [4.69, 9.17) is 11.6 Å². The molecule has 2 nitrogen and oxygen atoms in total. The van der Waals surface area contributed by atoms with Gasteiger partial charge in [0.05, 0.1) is 0 Å². The van der Waals surface area contributed by atoms with Gasteiger partial charge in [0, 0.05) is 5.41 Å². The first-order valence-corrected chi connectivity index (χ1v) is 5.37. The molecule has 0 aromatic heterocycles. The van der Waals surface area contributed by atoms with E-state index >= 15 is 0 Å². The Balaban J connectivity index is 2.63. The summed E-state index contributed by atoms with van der Waals surface area (Å²) in [4.78, 5) is 13.6. The van der Waals surface area contributed by atoms with E-state index in [0.29, 0.717) is 0 Å². The fourth-order valence-corrected chi connectivity index (χ4v) is 2.35. The summed E-state index contributed by atoms with van der Waals surface area (Å²) < 4.78 is 0. The lowest BCUT2D eigenvalue weighted by Crippen LogP contribution is -2.41. The zero-order valence-electron chi connectivity index (χ0n) is 8.48. The number of halogens is 1. The summed E-state index contributed by atoms with van der Waals surface area (Å²) in [5.74, 6) is 0. The molecule has 0 aliphatic carbocycles. The molecule has 0 bridgehead atoms. The third kappa shape index (κ3) is 2.44. The van der Waals surface area contributed by atoms with E-state index in [9.17, 15) is 4.79 Å². The SMILES string of the molecule is CCCC1(C(=O)Cl)CCN(C)CC1. The molecule has 13 heavy (non-hydrogen) atoms. The maximum absolute atomic E-state index is 11.4. The van der Waals surface area contributed by atoms with Crippen LogP contribution in [0.1, 0.15) is 32.6 Å². The van der Waals surface area contributed by atoms with Crippen molar-refractivity contribution in [3.63, 3.8) is 0 Å². The summed E-state index contributed by atoms with van der Waals surface area (Å²) >= 11 is 5.68. The van der Waals surface area contributed by atoms with Crippen LogP contribution in [0.15, 0.2) is 0 Å². The molecule has 1 heterocycles. The lowest BCUT2D eigenvalue weighted by Gasteiger charge is -2.37. The van der Waals surface area contributed by atoms with Crippen molar-refractivity contribution >= 4 is 16.8 Å². The highest BCUT2D eigenvalue weighted by Crippen LogP contribution is 2.37. The second kappa shape index (κ2) is 4.43. The van der Waals surface area contributed by atoms with Gasteiger partial charge in [0.2, 0.25) is 5.24 Å². The van der Waals surface area contributed by atoms with Crippen LogP contribution in [0.2, 0.25) is 0 Å². The Hall–Kier alpha value is -0.0800. The van der Waals surface area contributed by atoms with Gasteiger partial charge in [0.15, 0.2) is 0 Å². The van der Waals surface area contributed by atoms with Crippen molar-refractivity contribution in [1.29, 1.82) is 0 Å². The molecule has 1 fully saturated rings. The standard InChI is InChI=1S/C10H18ClNO/c1-3-4-10(9(11)13)5-7-12(2)8-6-10/h3-8H2,1-2H3. The van der Waals surface area contributed by atoms with Crippen LogP contribution in [-0.2, 0) is 4.79 Å². The van der Waals surface area contributed by atoms with E-state index < -0.39 is 0 Å². The number of likely N-dealkylation sites (tertiary alicyclic amines) is 1. The third-order valence-electron chi connectivity index (χ3n) is 3.09. The molecular weight excluding hydrogens is 186 g/mol. The van der Waals surface area contributed by atoms with Crippen molar-refractivity contribution in [2.24, 2.45) is 5.41 Å². The van der Waals surface area contributed by atoms with Crippen LogP contribution in [0.5, 0.6) is 0 Å². The normalized spacial score (nSPS) is 23.0. The summed E-state index contributed by atoms with van der Waals surface area (Å²) in [5.41, 5.74) is -0.206. The Labute approximate surface area is 85.2 Å². The fraction of sp³-hybridized carbons (Fsp3) is 0.900. The van der Waals surface area contributed by atoms with Crippen LogP contribution in [-0.4, -0.2) is 30.3 Å². The highest BCUT2D eigenvalue weighted by molar-refractivity contribution is 6.64.